The standard InChI is InChI=1S/C13H21N3O2S2/c1-4-7-16(10-13(2,3)9-15)20(17,18)12-6-5-11(8-14)19-12/h5-6H,4,7,9-10,15H2,1-3H3. The van der Waals surface area contributed by atoms with Gasteiger partial charge in [0.05, 0.1) is 0 Å². The van der Waals surface area contributed by atoms with E-state index in [0.29, 0.717) is 24.5 Å². The highest BCUT2D eigenvalue weighted by molar-refractivity contribution is 7.91. The van der Waals surface area contributed by atoms with Gasteiger partial charge in [0.2, 0.25) is 0 Å². The van der Waals surface area contributed by atoms with E-state index in [-0.39, 0.29) is 9.62 Å². The molecule has 112 valence electrons. The zero-order valence-corrected chi connectivity index (χ0v) is 13.7. The maximum absolute atomic E-state index is 12.6. The van der Waals surface area contributed by atoms with Gasteiger partial charge in [-0.25, -0.2) is 8.42 Å². The Hall–Kier alpha value is -0.940. The van der Waals surface area contributed by atoms with Crippen LogP contribution in [-0.4, -0.2) is 32.4 Å². The van der Waals surface area contributed by atoms with E-state index in [0.717, 1.165) is 17.8 Å². The molecule has 0 radical (unpaired) electrons. The first kappa shape index (κ1) is 17.1. The molecule has 0 aliphatic heterocycles. The molecular formula is C13H21N3O2S2. The van der Waals surface area contributed by atoms with Crippen molar-refractivity contribution in [2.45, 2.75) is 31.4 Å². The maximum Gasteiger partial charge on any atom is 0.252 e. The van der Waals surface area contributed by atoms with E-state index in [1.807, 2.05) is 26.8 Å². The van der Waals surface area contributed by atoms with E-state index >= 15 is 0 Å². The van der Waals surface area contributed by atoms with Crippen LogP contribution < -0.4 is 5.73 Å². The SMILES string of the molecule is CCCN(CC(C)(C)CN)S(=O)(=O)c1ccc(C#N)s1. The Bertz CT molecular complexity index is 585. The van der Waals surface area contributed by atoms with E-state index in [1.165, 1.54) is 16.4 Å². The lowest BCUT2D eigenvalue weighted by Crippen LogP contribution is -2.42. The predicted octanol–water partition coefficient (Wildman–Crippen LogP) is 2.01. The number of nitrogens with zero attached hydrogens (tertiary/aromatic N) is 2. The molecule has 1 heterocycles. The van der Waals surface area contributed by atoms with Crippen molar-refractivity contribution in [3.8, 4) is 6.07 Å². The van der Waals surface area contributed by atoms with Crippen molar-refractivity contribution in [3.05, 3.63) is 17.0 Å². The Balaban J connectivity index is 3.09. The highest BCUT2D eigenvalue weighted by Gasteiger charge is 2.30. The molecule has 1 aromatic rings. The van der Waals surface area contributed by atoms with Crippen molar-refractivity contribution >= 4 is 21.4 Å². The van der Waals surface area contributed by atoms with Gasteiger partial charge in [0.25, 0.3) is 10.0 Å². The molecule has 0 amide bonds. The van der Waals surface area contributed by atoms with Gasteiger partial charge in [-0.1, -0.05) is 20.8 Å². The molecule has 0 fully saturated rings. The van der Waals surface area contributed by atoms with Crippen LogP contribution in [0.2, 0.25) is 0 Å². The molecule has 7 heteroatoms. The van der Waals surface area contributed by atoms with Gasteiger partial charge in [0.1, 0.15) is 15.2 Å². The second kappa shape index (κ2) is 6.68. The van der Waals surface area contributed by atoms with Crippen molar-refractivity contribution in [2.75, 3.05) is 19.6 Å². The van der Waals surface area contributed by atoms with Gasteiger partial charge in [-0.3, -0.25) is 0 Å². The van der Waals surface area contributed by atoms with Gasteiger partial charge in [-0.2, -0.15) is 9.57 Å². The number of sulfonamides is 1. The maximum atomic E-state index is 12.6. The quantitative estimate of drug-likeness (QED) is 0.833. The predicted molar refractivity (Wildman–Crippen MR) is 80.9 cm³/mol. The van der Waals surface area contributed by atoms with Crippen molar-refractivity contribution < 1.29 is 8.42 Å². The Morgan fingerprint density at radius 2 is 2.10 bits per heavy atom. The van der Waals surface area contributed by atoms with Crippen LogP contribution in [-0.2, 0) is 10.0 Å². The van der Waals surface area contributed by atoms with Gasteiger partial charge in [-0.05, 0) is 30.5 Å². The average Bonchev–Trinajstić information content (AvgIpc) is 2.87. The van der Waals surface area contributed by atoms with Gasteiger partial charge in [-0.15, -0.1) is 11.3 Å². The third-order valence-corrected chi connectivity index (χ3v) is 6.22. The van der Waals surface area contributed by atoms with E-state index in [1.54, 1.807) is 0 Å². The summed E-state index contributed by atoms with van der Waals surface area (Å²) in [6.07, 6.45) is 0.733. The minimum atomic E-state index is -3.55. The molecule has 2 N–H and O–H groups in total. The van der Waals surface area contributed by atoms with E-state index in [4.69, 9.17) is 11.0 Å². The molecule has 1 aromatic heterocycles. The first-order valence-electron chi connectivity index (χ1n) is 6.47. The largest absolute Gasteiger partial charge is 0.330 e. The molecule has 0 aliphatic carbocycles. The van der Waals surface area contributed by atoms with E-state index < -0.39 is 10.0 Å². The van der Waals surface area contributed by atoms with E-state index in [9.17, 15) is 8.42 Å². The van der Waals surface area contributed by atoms with Gasteiger partial charge < -0.3 is 5.73 Å². The first-order chi connectivity index (χ1) is 9.26. The Morgan fingerprint density at radius 1 is 1.45 bits per heavy atom. The van der Waals surface area contributed by atoms with Crippen molar-refractivity contribution in [1.82, 2.24) is 4.31 Å². The number of hydrogen-bond acceptors (Lipinski definition) is 5. The number of nitrogens with two attached hydrogens (primary N) is 1. The first-order valence-corrected chi connectivity index (χ1v) is 8.72. The summed E-state index contributed by atoms with van der Waals surface area (Å²) in [5, 5.41) is 8.82. The lowest BCUT2D eigenvalue weighted by Gasteiger charge is -2.30. The number of hydrogen-bond donors (Lipinski definition) is 1. The molecule has 0 saturated carbocycles. The summed E-state index contributed by atoms with van der Waals surface area (Å²) in [5.41, 5.74) is 5.42. The highest BCUT2D eigenvalue weighted by Crippen LogP contribution is 2.27. The molecule has 0 saturated heterocycles. The van der Waals surface area contributed by atoms with Crippen LogP contribution in [0.1, 0.15) is 32.1 Å². The summed E-state index contributed by atoms with van der Waals surface area (Å²) in [5.74, 6) is 0. The summed E-state index contributed by atoms with van der Waals surface area (Å²) in [7, 11) is -3.55. The monoisotopic (exact) mass is 315 g/mol. The lowest BCUT2D eigenvalue weighted by atomic mass is 9.94. The fraction of sp³-hybridized carbons (Fsp3) is 0.615. The number of thiophene rings is 1. The van der Waals surface area contributed by atoms with Crippen LogP contribution >= 0.6 is 11.3 Å². The van der Waals surface area contributed by atoms with Gasteiger partial charge >= 0.3 is 0 Å². The van der Waals surface area contributed by atoms with Crippen LogP contribution in [0, 0.1) is 16.7 Å². The molecule has 0 spiro atoms. The van der Waals surface area contributed by atoms with Crippen LogP contribution in [0.15, 0.2) is 16.3 Å². The van der Waals surface area contributed by atoms with Crippen LogP contribution in [0.3, 0.4) is 0 Å². The second-order valence-corrected chi connectivity index (χ2v) is 8.69. The van der Waals surface area contributed by atoms with Crippen molar-refractivity contribution in [1.29, 1.82) is 5.26 Å². The molecule has 1 rings (SSSR count). The smallest absolute Gasteiger partial charge is 0.252 e. The van der Waals surface area contributed by atoms with Gasteiger partial charge in [0.15, 0.2) is 0 Å². The molecule has 0 atom stereocenters. The fourth-order valence-electron chi connectivity index (χ4n) is 1.72. The van der Waals surface area contributed by atoms with E-state index in [2.05, 4.69) is 0 Å². The number of nitriles is 1. The molecule has 0 aromatic carbocycles. The molecule has 0 unspecified atom stereocenters. The minimum Gasteiger partial charge on any atom is -0.330 e. The Labute approximate surface area is 125 Å². The molecule has 5 nitrogen and oxygen atoms in total. The summed E-state index contributed by atoms with van der Waals surface area (Å²) in [6.45, 7) is 7.06. The molecule has 0 aliphatic rings. The fourth-order valence-corrected chi connectivity index (χ4v) is 4.70. The van der Waals surface area contributed by atoms with Crippen molar-refractivity contribution in [2.24, 2.45) is 11.1 Å². The average molecular weight is 315 g/mol. The highest BCUT2D eigenvalue weighted by atomic mass is 32.2. The van der Waals surface area contributed by atoms with Crippen LogP contribution in [0.4, 0.5) is 0 Å². The van der Waals surface area contributed by atoms with Crippen LogP contribution in [0.5, 0.6) is 0 Å². The molecular weight excluding hydrogens is 294 g/mol. The zero-order valence-electron chi connectivity index (χ0n) is 12.1. The molecule has 0 bridgehead atoms. The Kier molecular flexibility index (Phi) is 5.71. The minimum absolute atomic E-state index is 0.218. The number of rotatable bonds is 7. The van der Waals surface area contributed by atoms with Gasteiger partial charge in [0, 0.05) is 13.1 Å². The summed E-state index contributed by atoms with van der Waals surface area (Å²) < 4.78 is 26.9. The van der Waals surface area contributed by atoms with Crippen LogP contribution in [0.25, 0.3) is 0 Å². The summed E-state index contributed by atoms with van der Waals surface area (Å²) in [6, 6.07) is 5.00. The Morgan fingerprint density at radius 3 is 2.55 bits per heavy atom. The normalized spacial score (nSPS) is 12.6. The zero-order chi connectivity index (χ0) is 15.4. The third kappa shape index (κ3) is 4.03. The summed E-state index contributed by atoms with van der Waals surface area (Å²) in [4.78, 5) is 0.401. The summed E-state index contributed by atoms with van der Waals surface area (Å²) >= 11 is 1.01. The lowest BCUT2D eigenvalue weighted by molar-refractivity contribution is 0.267. The third-order valence-electron chi connectivity index (χ3n) is 2.92. The van der Waals surface area contributed by atoms with Crippen molar-refractivity contribution in [3.63, 3.8) is 0 Å². The second-order valence-electron chi connectivity index (χ2n) is 5.44. The molecule has 20 heavy (non-hydrogen) atoms. The topological polar surface area (TPSA) is 87.2 Å².